The fourth-order valence-electron chi connectivity index (χ4n) is 3.73. The van der Waals surface area contributed by atoms with E-state index in [4.69, 9.17) is 0 Å². The number of hydrogen-bond donors (Lipinski definition) is 1. The van der Waals surface area contributed by atoms with Gasteiger partial charge in [-0.15, -0.1) is 24.9 Å². The zero-order valence-corrected chi connectivity index (χ0v) is 17.6. The van der Waals surface area contributed by atoms with Crippen LogP contribution < -0.4 is 10.1 Å². The number of carbonyl (C=O) groups is 2. The van der Waals surface area contributed by atoms with Crippen LogP contribution in [-0.2, 0) is 9.59 Å². The molecular weight excluding hydrogens is 419 g/mol. The van der Waals surface area contributed by atoms with Crippen molar-refractivity contribution in [3.8, 4) is 5.75 Å². The normalized spacial score (nSPS) is 22.9. The van der Waals surface area contributed by atoms with Crippen LogP contribution >= 0.6 is 11.8 Å². The molecule has 2 saturated heterocycles. The first-order valence-corrected chi connectivity index (χ1v) is 10.9. The van der Waals surface area contributed by atoms with Gasteiger partial charge < -0.3 is 19.9 Å². The molecule has 2 atom stereocenters. The quantitative estimate of drug-likeness (QED) is 0.699. The third-order valence-electron chi connectivity index (χ3n) is 5.21. The van der Waals surface area contributed by atoms with E-state index in [9.17, 15) is 22.8 Å². The van der Waals surface area contributed by atoms with E-state index in [0.29, 0.717) is 12.1 Å². The molecule has 166 valence electrons. The fourth-order valence-corrected chi connectivity index (χ4v) is 5.16. The Morgan fingerprint density at radius 2 is 2.00 bits per heavy atom. The molecule has 2 heterocycles. The summed E-state index contributed by atoms with van der Waals surface area (Å²) in [6, 6.07) is 5.59. The van der Waals surface area contributed by atoms with Gasteiger partial charge in [-0.3, -0.25) is 9.59 Å². The van der Waals surface area contributed by atoms with Gasteiger partial charge in [0.1, 0.15) is 11.1 Å². The van der Waals surface area contributed by atoms with E-state index in [1.54, 1.807) is 13.1 Å². The highest BCUT2D eigenvalue weighted by atomic mass is 32.2. The Kier molecular flexibility index (Phi) is 7.51. The van der Waals surface area contributed by atoms with Gasteiger partial charge in [0.25, 0.3) is 0 Å². The van der Waals surface area contributed by atoms with Gasteiger partial charge in [0, 0.05) is 26.6 Å². The first kappa shape index (κ1) is 22.7. The van der Waals surface area contributed by atoms with Crippen molar-refractivity contribution in [1.29, 1.82) is 0 Å². The summed E-state index contributed by atoms with van der Waals surface area (Å²) in [5.41, 5.74) is 0.519. The van der Waals surface area contributed by atoms with Crippen molar-refractivity contribution in [2.24, 2.45) is 0 Å². The molecule has 10 heteroatoms. The topological polar surface area (TPSA) is 61.9 Å². The summed E-state index contributed by atoms with van der Waals surface area (Å²) < 4.78 is 41.4. The van der Waals surface area contributed by atoms with Crippen LogP contribution in [0.3, 0.4) is 0 Å². The molecule has 1 N–H and O–H groups in total. The van der Waals surface area contributed by atoms with Gasteiger partial charge in [0.05, 0.1) is 5.25 Å². The SMILES string of the molecule is CN1C(=O)C(CC(=O)NCCN2CCCCC2)SC1c1cccc(OC(F)(F)F)c1. The van der Waals surface area contributed by atoms with Crippen molar-refractivity contribution in [1.82, 2.24) is 15.1 Å². The van der Waals surface area contributed by atoms with E-state index in [0.717, 1.165) is 19.6 Å². The average Bonchev–Trinajstić information content (AvgIpc) is 2.96. The second kappa shape index (κ2) is 9.91. The Hall–Kier alpha value is -1.94. The minimum absolute atomic E-state index is 0.0447. The monoisotopic (exact) mass is 445 g/mol. The van der Waals surface area contributed by atoms with Gasteiger partial charge in [-0.2, -0.15) is 0 Å². The molecule has 1 aromatic rings. The van der Waals surface area contributed by atoms with Crippen molar-refractivity contribution in [3.05, 3.63) is 29.8 Å². The zero-order chi connectivity index (χ0) is 21.7. The summed E-state index contributed by atoms with van der Waals surface area (Å²) in [5, 5.41) is 1.83. The summed E-state index contributed by atoms with van der Waals surface area (Å²) in [6.07, 6.45) is -1.11. The first-order valence-electron chi connectivity index (χ1n) is 10.00. The van der Waals surface area contributed by atoms with Gasteiger partial charge in [-0.05, 0) is 43.6 Å². The van der Waals surface area contributed by atoms with Gasteiger partial charge in [0.2, 0.25) is 11.8 Å². The molecule has 0 bridgehead atoms. The maximum Gasteiger partial charge on any atom is 0.573 e. The predicted octanol–water partition coefficient (Wildman–Crippen LogP) is 3.15. The van der Waals surface area contributed by atoms with Gasteiger partial charge in [-0.25, -0.2) is 0 Å². The molecule has 0 radical (unpaired) electrons. The third-order valence-corrected chi connectivity index (χ3v) is 6.76. The number of hydrogen-bond acceptors (Lipinski definition) is 5. The summed E-state index contributed by atoms with van der Waals surface area (Å²) >= 11 is 1.26. The molecule has 0 spiro atoms. The Morgan fingerprint density at radius 3 is 2.70 bits per heavy atom. The number of carbonyl (C=O) groups excluding carboxylic acids is 2. The van der Waals surface area contributed by atoms with Crippen LogP contribution in [0, 0.1) is 0 Å². The van der Waals surface area contributed by atoms with E-state index < -0.39 is 17.0 Å². The molecular formula is C20H26F3N3O3S. The molecule has 2 aliphatic heterocycles. The van der Waals surface area contributed by atoms with Crippen LogP contribution in [0.2, 0.25) is 0 Å². The molecule has 6 nitrogen and oxygen atoms in total. The first-order chi connectivity index (χ1) is 14.2. The summed E-state index contributed by atoms with van der Waals surface area (Å²) in [5.74, 6) is -0.736. The maximum absolute atomic E-state index is 12.6. The summed E-state index contributed by atoms with van der Waals surface area (Å²) in [6.45, 7) is 3.44. The van der Waals surface area contributed by atoms with Gasteiger partial charge >= 0.3 is 6.36 Å². The molecule has 30 heavy (non-hydrogen) atoms. The number of thioether (sulfide) groups is 1. The number of ether oxygens (including phenoxy) is 1. The lowest BCUT2D eigenvalue weighted by molar-refractivity contribution is -0.274. The van der Waals surface area contributed by atoms with Crippen molar-refractivity contribution >= 4 is 23.6 Å². The van der Waals surface area contributed by atoms with E-state index in [-0.39, 0.29) is 24.0 Å². The van der Waals surface area contributed by atoms with Crippen LogP contribution in [0.25, 0.3) is 0 Å². The highest BCUT2D eigenvalue weighted by molar-refractivity contribution is 8.01. The highest BCUT2D eigenvalue weighted by Crippen LogP contribution is 2.44. The number of amides is 2. The van der Waals surface area contributed by atoms with Crippen LogP contribution in [0.4, 0.5) is 13.2 Å². The number of rotatable bonds is 7. The molecule has 2 fully saturated rings. The van der Waals surface area contributed by atoms with Crippen molar-refractivity contribution < 1.29 is 27.5 Å². The van der Waals surface area contributed by atoms with Crippen molar-refractivity contribution in [2.75, 3.05) is 33.2 Å². The second-order valence-electron chi connectivity index (χ2n) is 7.50. The van der Waals surface area contributed by atoms with Gasteiger partial charge in [-0.1, -0.05) is 18.6 Å². The Bertz CT molecular complexity index is 756. The molecule has 2 unspecified atom stereocenters. The summed E-state index contributed by atoms with van der Waals surface area (Å²) in [4.78, 5) is 28.6. The number of alkyl halides is 3. The largest absolute Gasteiger partial charge is 0.573 e. The minimum Gasteiger partial charge on any atom is -0.406 e. The predicted molar refractivity (Wildman–Crippen MR) is 108 cm³/mol. The molecule has 3 rings (SSSR count). The van der Waals surface area contributed by atoms with Crippen LogP contribution in [0.1, 0.15) is 36.6 Å². The average molecular weight is 446 g/mol. The van der Waals surface area contributed by atoms with Crippen LogP contribution in [-0.4, -0.2) is 66.5 Å². The number of benzene rings is 1. The molecule has 0 aromatic heterocycles. The van der Waals surface area contributed by atoms with E-state index >= 15 is 0 Å². The molecule has 0 aliphatic carbocycles. The number of piperidine rings is 1. The lowest BCUT2D eigenvalue weighted by Gasteiger charge is -2.26. The van der Waals surface area contributed by atoms with Crippen molar-refractivity contribution in [3.63, 3.8) is 0 Å². The molecule has 2 aliphatic rings. The van der Waals surface area contributed by atoms with Crippen molar-refractivity contribution in [2.45, 2.75) is 42.7 Å². The third kappa shape index (κ3) is 6.28. The zero-order valence-electron chi connectivity index (χ0n) is 16.8. The van der Waals surface area contributed by atoms with E-state index in [1.165, 1.54) is 54.1 Å². The Morgan fingerprint density at radius 1 is 1.27 bits per heavy atom. The molecule has 1 aromatic carbocycles. The number of nitrogens with zero attached hydrogens (tertiary/aromatic N) is 2. The standard InChI is InChI=1S/C20H26F3N3O3S/c1-25-18(28)16(13-17(27)24-8-11-26-9-3-2-4-10-26)30-19(25)14-6-5-7-15(12-14)29-20(21,22)23/h5-7,12,16,19H,2-4,8-11,13H2,1H3,(H,24,27). The van der Waals surface area contributed by atoms with Crippen LogP contribution in [0.15, 0.2) is 24.3 Å². The smallest absolute Gasteiger partial charge is 0.406 e. The summed E-state index contributed by atoms with van der Waals surface area (Å²) in [7, 11) is 1.59. The van der Waals surface area contributed by atoms with Crippen LogP contribution in [0.5, 0.6) is 5.75 Å². The molecule has 0 saturated carbocycles. The lowest BCUT2D eigenvalue weighted by Crippen LogP contribution is -2.38. The number of likely N-dealkylation sites (tertiary alicyclic amines) is 1. The Balaban J connectivity index is 1.52. The highest BCUT2D eigenvalue weighted by Gasteiger charge is 2.40. The number of halogens is 3. The van der Waals surface area contributed by atoms with E-state index in [2.05, 4.69) is 15.0 Å². The minimum atomic E-state index is -4.78. The van der Waals surface area contributed by atoms with Gasteiger partial charge in [0.15, 0.2) is 0 Å². The fraction of sp³-hybridized carbons (Fsp3) is 0.600. The maximum atomic E-state index is 12.6. The lowest BCUT2D eigenvalue weighted by atomic mass is 10.1. The number of nitrogens with one attached hydrogen (secondary N) is 1. The Labute approximate surface area is 178 Å². The van der Waals surface area contributed by atoms with E-state index in [1.807, 2.05) is 0 Å². The second-order valence-corrected chi connectivity index (χ2v) is 8.79. The molecule has 2 amide bonds.